The number of nitrogen functional groups attached to an aromatic ring is 2. The number of hydrogen-bond donors (Lipinski definition) is 2. The van der Waals surface area contributed by atoms with Crippen LogP contribution in [0.3, 0.4) is 0 Å². The molecule has 0 saturated heterocycles. The van der Waals surface area contributed by atoms with E-state index in [-0.39, 0.29) is 0 Å². The van der Waals surface area contributed by atoms with E-state index in [0.717, 1.165) is 16.5 Å². The summed E-state index contributed by atoms with van der Waals surface area (Å²) in [5.41, 5.74) is 15.5. The lowest BCUT2D eigenvalue weighted by Crippen LogP contribution is -1.99. The van der Waals surface area contributed by atoms with Crippen molar-refractivity contribution in [1.82, 2.24) is 19.9 Å². The first-order valence-corrected chi connectivity index (χ1v) is 7.40. The number of aromatic nitrogens is 4. The van der Waals surface area contributed by atoms with Crippen molar-refractivity contribution in [2.75, 3.05) is 11.5 Å². The average molecular weight is 314 g/mol. The smallest absolute Gasteiger partial charge is 0.165 e. The summed E-state index contributed by atoms with van der Waals surface area (Å²) in [6.07, 6.45) is 3.22. The lowest BCUT2D eigenvalue weighted by atomic mass is 10.1. The second-order valence-electron chi connectivity index (χ2n) is 5.40. The van der Waals surface area contributed by atoms with Gasteiger partial charge in [0.1, 0.15) is 6.33 Å². The first-order chi connectivity index (χ1) is 11.7. The summed E-state index contributed by atoms with van der Waals surface area (Å²) >= 11 is 0. The van der Waals surface area contributed by atoms with Crippen molar-refractivity contribution in [3.8, 4) is 22.8 Å². The van der Waals surface area contributed by atoms with Gasteiger partial charge in [-0.25, -0.2) is 15.0 Å². The number of para-hydroxylation sites is 1. The van der Waals surface area contributed by atoms with Gasteiger partial charge >= 0.3 is 0 Å². The fourth-order valence-corrected chi connectivity index (χ4v) is 2.53. The largest absolute Gasteiger partial charge is 0.399 e. The van der Waals surface area contributed by atoms with E-state index >= 15 is 0 Å². The molecule has 0 aliphatic heterocycles. The van der Waals surface area contributed by atoms with Gasteiger partial charge in [-0.3, -0.25) is 4.98 Å². The molecule has 0 saturated carbocycles. The molecular formula is C18H14N6. The lowest BCUT2D eigenvalue weighted by molar-refractivity contribution is 1.06. The van der Waals surface area contributed by atoms with Crippen LogP contribution < -0.4 is 11.5 Å². The van der Waals surface area contributed by atoms with E-state index in [1.165, 1.54) is 6.33 Å². The number of hydrogen-bond acceptors (Lipinski definition) is 6. The molecule has 0 radical (unpaired) electrons. The van der Waals surface area contributed by atoms with Crippen LogP contribution in [0.5, 0.6) is 0 Å². The highest BCUT2D eigenvalue weighted by molar-refractivity contribution is 5.82. The highest BCUT2D eigenvalue weighted by Gasteiger charge is 2.10. The van der Waals surface area contributed by atoms with Gasteiger partial charge in [0.05, 0.1) is 5.52 Å². The number of benzene rings is 2. The average Bonchev–Trinajstić information content (AvgIpc) is 2.63. The summed E-state index contributed by atoms with van der Waals surface area (Å²) in [6, 6.07) is 15.1. The molecule has 0 atom stereocenters. The maximum absolute atomic E-state index is 6.02. The molecule has 4 N–H and O–H groups in total. The van der Waals surface area contributed by atoms with Crippen molar-refractivity contribution in [3.05, 3.63) is 61.1 Å². The zero-order chi connectivity index (χ0) is 16.5. The van der Waals surface area contributed by atoms with Gasteiger partial charge in [-0.15, -0.1) is 0 Å². The predicted molar refractivity (Wildman–Crippen MR) is 94.8 cm³/mol. The molecule has 4 rings (SSSR count). The lowest BCUT2D eigenvalue weighted by Gasteiger charge is -2.07. The predicted octanol–water partition coefficient (Wildman–Crippen LogP) is 2.92. The van der Waals surface area contributed by atoms with E-state index in [0.29, 0.717) is 28.6 Å². The van der Waals surface area contributed by atoms with Crippen molar-refractivity contribution in [2.24, 2.45) is 0 Å². The Labute approximate surface area is 138 Å². The number of pyridine rings is 1. The Morgan fingerprint density at radius 2 is 1.62 bits per heavy atom. The summed E-state index contributed by atoms with van der Waals surface area (Å²) in [4.78, 5) is 17.5. The highest BCUT2D eigenvalue weighted by atomic mass is 15.0. The number of nitrogens with two attached hydrogens (primary N) is 2. The Kier molecular flexibility index (Phi) is 3.28. The molecule has 0 aliphatic carbocycles. The van der Waals surface area contributed by atoms with E-state index < -0.39 is 0 Å². The molecule has 6 nitrogen and oxygen atoms in total. The molecule has 4 aromatic rings. The van der Waals surface area contributed by atoms with Crippen LogP contribution >= 0.6 is 0 Å². The van der Waals surface area contributed by atoms with Crippen LogP contribution in [0.1, 0.15) is 0 Å². The fourth-order valence-electron chi connectivity index (χ4n) is 2.53. The third-order valence-electron chi connectivity index (χ3n) is 3.74. The first-order valence-electron chi connectivity index (χ1n) is 7.40. The van der Waals surface area contributed by atoms with E-state index in [9.17, 15) is 0 Å². The molecule has 2 aromatic heterocycles. The molecule has 0 spiro atoms. The van der Waals surface area contributed by atoms with Crippen molar-refractivity contribution in [1.29, 1.82) is 0 Å². The van der Waals surface area contributed by atoms with Gasteiger partial charge in [0.15, 0.2) is 11.6 Å². The molecule has 0 amide bonds. The molecular weight excluding hydrogens is 300 g/mol. The Hall–Kier alpha value is -3.54. The second-order valence-corrected chi connectivity index (χ2v) is 5.40. The minimum absolute atomic E-state index is 0.484. The van der Waals surface area contributed by atoms with E-state index in [1.807, 2.05) is 30.3 Å². The Morgan fingerprint density at radius 3 is 2.54 bits per heavy atom. The second kappa shape index (κ2) is 5.58. The zero-order valence-corrected chi connectivity index (χ0v) is 12.7. The van der Waals surface area contributed by atoms with Crippen molar-refractivity contribution in [3.63, 3.8) is 0 Å². The molecule has 2 heterocycles. The van der Waals surface area contributed by atoms with Crippen LogP contribution in [0, 0.1) is 0 Å². The zero-order valence-electron chi connectivity index (χ0n) is 12.7. The summed E-state index contributed by atoms with van der Waals surface area (Å²) in [5, 5.41) is 1.03. The van der Waals surface area contributed by atoms with Gasteiger partial charge < -0.3 is 11.5 Å². The van der Waals surface area contributed by atoms with Crippen LogP contribution in [0.2, 0.25) is 0 Å². The summed E-state index contributed by atoms with van der Waals surface area (Å²) in [6.45, 7) is 0. The third-order valence-corrected chi connectivity index (χ3v) is 3.74. The molecule has 0 fully saturated rings. The van der Waals surface area contributed by atoms with Crippen LogP contribution in [-0.4, -0.2) is 19.9 Å². The summed E-state index contributed by atoms with van der Waals surface area (Å²) in [5.74, 6) is 1.03. The minimum atomic E-state index is 0.484. The topological polar surface area (TPSA) is 104 Å². The number of fused-ring (bicyclic) bond motifs is 1. The van der Waals surface area contributed by atoms with Gasteiger partial charge in [0, 0.05) is 34.1 Å². The third kappa shape index (κ3) is 2.50. The summed E-state index contributed by atoms with van der Waals surface area (Å²) in [7, 11) is 0. The van der Waals surface area contributed by atoms with Gasteiger partial charge in [-0.05, 0) is 30.3 Å². The van der Waals surface area contributed by atoms with Crippen LogP contribution in [-0.2, 0) is 0 Å². The molecule has 0 aliphatic rings. The van der Waals surface area contributed by atoms with Gasteiger partial charge in [0.2, 0.25) is 0 Å². The summed E-state index contributed by atoms with van der Waals surface area (Å²) < 4.78 is 0. The van der Waals surface area contributed by atoms with Crippen molar-refractivity contribution >= 4 is 22.3 Å². The highest BCUT2D eigenvalue weighted by Crippen LogP contribution is 2.26. The maximum Gasteiger partial charge on any atom is 0.165 e. The Bertz CT molecular complexity index is 1040. The Morgan fingerprint density at radius 1 is 0.792 bits per heavy atom. The molecule has 0 unspecified atom stereocenters. The first kappa shape index (κ1) is 14.1. The molecule has 0 bridgehead atoms. The minimum Gasteiger partial charge on any atom is -0.399 e. The van der Waals surface area contributed by atoms with Gasteiger partial charge in [0.25, 0.3) is 0 Å². The van der Waals surface area contributed by atoms with E-state index in [1.54, 1.807) is 24.4 Å². The van der Waals surface area contributed by atoms with Gasteiger partial charge in [-0.2, -0.15) is 0 Å². The fraction of sp³-hybridized carbons (Fsp3) is 0. The van der Waals surface area contributed by atoms with Gasteiger partial charge in [-0.1, -0.05) is 18.2 Å². The van der Waals surface area contributed by atoms with Crippen molar-refractivity contribution in [2.45, 2.75) is 0 Å². The van der Waals surface area contributed by atoms with E-state index in [2.05, 4.69) is 19.9 Å². The normalized spacial score (nSPS) is 10.8. The monoisotopic (exact) mass is 314 g/mol. The standard InChI is InChI=1S/C18H14N6/c19-13-5-6-15(20)14(8-13)18-23-10-22-17(24-18)12-7-11-3-1-2-4-16(11)21-9-12/h1-10H,19-20H2. The maximum atomic E-state index is 6.02. The van der Waals surface area contributed by atoms with E-state index in [4.69, 9.17) is 11.5 Å². The molecule has 6 heteroatoms. The van der Waals surface area contributed by atoms with Crippen molar-refractivity contribution < 1.29 is 0 Å². The molecule has 2 aromatic carbocycles. The molecule has 24 heavy (non-hydrogen) atoms. The number of anilines is 2. The Balaban J connectivity index is 1.83. The quantitative estimate of drug-likeness (QED) is 0.551. The van der Waals surface area contributed by atoms with Crippen LogP contribution in [0.4, 0.5) is 11.4 Å². The van der Waals surface area contributed by atoms with Crippen LogP contribution in [0.25, 0.3) is 33.7 Å². The number of nitrogens with zero attached hydrogens (tertiary/aromatic N) is 4. The molecule has 116 valence electrons. The SMILES string of the molecule is Nc1ccc(N)c(-c2ncnc(-c3cnc4ccccc4c3)n2)c1. The van der Waals surface area contributed by atoms with Crippen LogP contribution in [0.15, 0.2) is 61.1 Å². The number of rotatable bonds is 2.